The first-order valence-electron chi connectivity index (χ1n) is 11.8. The highest BCUT2D eigenvalue weighted by molar-refractivity contribution is 6.25. The third-order valence-corrected chi connectivity index (χ3v) is 7.78. The summed E-state index contributed by atoms with van der Waals surface area (Å²) in [6.45, 7) is 1.64. The summed E-state index contributed by atoms with van der Waals surface area (Å²) in [6, 6.07) is 15.6. The average molecular weight is 466 g/mol. The van der Waals surface area contributed by atoms with E-state index < -0.39 is 17.8 Å². The summed E-state index contributed by atoms with van der Waals surface area (Å²) in [5.41, 5.74) is 3.34. The highest BCUT2D eigenvalue weighted by Gasteiger charge is 2.56. The van der Waals surface area contributed by atoms with Crippen LogP contribution in [0.25, 0.3) is 0 Å². The molecule has 0 bridgehead atoms. The number of hydrogen-bond donors (Lipinski definition) is 1. The number of Topliss-reactive ketones (excluding diaryl/α,β-unsaturated/α-hetero) is 1. The normalized spacial score (nSPS) is 27.9. The lowest BCUT2D eigenvalue weighted by molar-refractivity contribution is -0.123. The maximum atomic E-state index is 13.7. The second-order valence-electron chi connectivity index (χ2n) is 9.67. The summed E-state index contributed by atoms with van der Waals surface area (Å²) in [6.07, 6.45) is 3.98. The molecule has 4 atom stereocenters. The second-order valence-corrected chi connectivity index (χ2v) is 9.67. The SMILES string of the molecule is CC1=CC(=O)C2=C(C1=O)C(c1cccc(O)c1)C1=CCC3C(=O)N(c4ccccc4)C(=O)C3C1C2. The van der Waals surface area contributed by atoms with Crippen molar-refractivity contribution in [3.05, 3.63) is 94.6 Å². The van der Waals surface area contributed by atoms with E-state index in [0.717, 1.165) is 5.57 Å². The maximum absolute atomic E-state index is 13.7. The van der Waals surface area contributed by atoms with Crippen LogP contribution in [0.2, 0.25) is 0 Å². The van der Waals surface area contributed by atoms with Gasteiger partial charge in [-0.3, -0.25) is 24.1 Å². The van der Waals surface area contributed by atoms with Gasteiger partial charge < -0.3 is 5.11 Å². The number of allylic oxidation sites excluding steroid dienone is 6. The van der Waals surface area contributed by atoms with Crippen LogP contribution in [0.4, 0.5) is 5.69 Å². The van der Waals surface area contributed by atoms with Crippen LogP contribution in [-0.4, -0.2) is 28.5 Å². The van der Waals surface area contributed by atoms with E-state index in [1.165, 1.54) is 11.0 Å². The van der Waals surface area contributed by atoms with Crippen LogP contribution in [0.5, 0.6) is 5.75 Å². The zero-order valence-electron chi connectivity index (χ0n) is 19.1. The molecular formula is C29H23NO5. The van der Waals surface area contributed by atoms with Crippen molar-refractivity contribution in [2.45, 2.75) is 25.7 Å². The Kier molecular flexibility index (Phi) is 4.74. The van der Waals surface area contributed by atoms with E-state index in [1.807, 2.05) is 18.2 Å². The predicted molar refractivity (Wildman–Crippen MR) is 128 cm³/mol. The first-order chi connectivity index (χ1) is 16.9. The van der Waals surface area contributed by atoms with E-state index >= 15 is 0 Å². The Morgan fingerprint density at radius 1 is 0.914 bits per heavy atom. The molecule has 2 aromatic carbocycles. The fourth-order valence-electron chi connectivity index (χ4n) is 6.28. The van der Waals surface area contributed by atoms with Crippen LogP contribution in [0.1, 0.15) is 31.2 Å². The third-order valence-electron chi connectivity index (χ3n) is 7.78. The smallest absolute Gasteiger partial charge is 0.238 e. The predicted octanol–water partition coefficient (Wildman–Crippen LogP) is 4.03. The monoisotopic (exact) mass is 465 g/mol. The number of aromatic hydroxyl groups is 1. The number of fused-ring (bicyclic) bond motifs is 3. The minimum absolute atomic E-state index is 0.0604. The largest absolute Gasteiger partial charge is 0.508 e. The van der Waals surface area contributed by atoms with Gasteiger partial charge in [0.25, 0.3) is 0 Å². The highest BCUT2D eigenvalue weighted by Crippen LogP contribution is 2.55. The zero-order chi connectivity index (χ0) is 24.4. The molecule has 3 aliphatic carbocycles. The lowest BCUT2D eigenvalue weighted by atomic mass is 9.59. The minimum Gasteiger partial charge on any atom is -0.508 e. The summed E-state index contributed by atoms with van der Waals surface area (Å²) in [5.74, 6) is -2.88. The summed E-state index contributed by atoms with van der Waals surface area (Å²) < 4.78 is 0. The molecule has 35 heavy (non-hydrogen) atoms. The molecule has 6 heteroatoms. The molecular weight excluding hydrogens is 442 g/mol. The number of amides is 2. The van der Waals surface area contributed by atoms with E-state index in [2.05, 4.69) is 0 Å². The molecule has 0 saturated carbocycles. The summed E-state index contributed by atoms with van der Waals surface area (Å²) in [5, 5.41) is 10.2. The van der Waals surface area contributed by atoms with Gasteiger partial charge >= 0.3 is 0 Å². The number of carbonyl (C=O) groups is 4. The highest BCUT2D eigenvalue weighted by atomic mass is 16.3. The summed E-state index contributed by atoms with van der Waals surface area (Å²) in [7, 11) is 0. The Morgan fingerprint density at radius 3 is 2.43 bits per heavy atom. The van der Waals surface area contributed by atoms with Crippen molar-refractivity contribution in [2.75, 3.05) is 4.90 Å². The second kappa shape index (κ2) is 7.73. The van der Waals surface area contributed by atoms with Gasteiger partial charge in [-0.2, -0.15) is 0 Å². The lowest BCUT2D eigenvalue weighted by Crippen LogP contribution is -2.39. The van der Waals surface area contributed by atoms with Crippen molar-refractivity contribution in [3.8, 4) is 5.75 Å². The molecule has 6 rings (SSSR count). The standard InChI is InChI=1S/C29H23NO5/c1-15-12-23(32)22-14-21-19(24(26(22)27(15)33)16-6-5-9-18(31)13-16)10-11-20-25(21)29(35)30(28(20)34)17-7-3-2-4-8-17/h2-10,12-13,20-21,24-25,31H,11,14H2,1H3. The Hall–Kier alpha value is -4.06. The van der Waals surface area contributed by atoms with Gasteiger partial charge in [-0.05, 0) is 61.6 Å². The van der Waals surface area contributed by atoms with Gasteiger partial charge in [0, 0.05) is 22.6 Å². The third kappa shape index (κ3) is 3.09. The van der Waals surface area contributed by atoms with Crippen molar-refractivity contribution in [3.63, 3.8) is 0 Å². The number of nitrogens with zero attached hydrogens (tertiary/aromatic N) is 1. The van der Waals surface area contributed by atoms with Crippen LogP contribution in [0.15, 0.2) is 89.0 Å². The Balaban J connectivity index is 1.50. The van der Waals surface area contributed by atoms with Gasteiger partial charge in [0.05, 0.1) is 17.5 Å². The maximum Gasteiger partial charge on any atom is 0.238 e. The number of para-hydroxylation sites is 1. The van der Waals surface area contributed by atoms with Gasteiger partial charge in [0.2, 0.25) is 11.8 Å². The van der Waals surface area contributed by atoms with Crippen LogP contribution in [0, 0.1) is 17.8 Å². The van der Waals surface area contributed by atoms with Crippen LogP contribution in [0.3, 0.4) is 0 Å². The first kappa shape index (κ1) is 21.5. The van der Waals surface area contributed by atoms with Crippen molar-refractivity contribution >= 4 is 29.1 Å². The molecule has 1 saturated heterocycles. The molecule has 1 N–H and O–H groups in total. The lowest BCUT2D eigenvalue weighted by Gasteiger charge is -2.42. The number of anilines is 1. The fraction of sp³-hybridized carbons (Fsp3) is 0.241. The number of phenols is 1. The minimum atomic E-state index is -0.605. The van der Waals surface area contributed by atoms with E-state index in [0.29, 0.717) is 34.4 Å². The molecule has 4 aliphatic rings. The fourth-order valence-corrected chi connectivity index (χ4v) is 6.28. The van der Waals surface area contributed by atoms with Gasteiger partial charge in [0.15, 0.2) is 11.6 Å². The number of carbonyl (C=O) groups excluding carboxylic acids is 4. The van der Waals surface area contributed by atoms with Gasteiger partial charge in [-0.25, -0.2) is 0 Å². The van der Waals surface area contributed by atoms with E-state index in [9.17, 15) is 24.3 Å². The Morgan fingerprint density at radius 2 is 1.69 bits per heavy atom. The van der Waals surface area contributed by atoms with Gasteiger partial charge in [-0.1, -0.05) is 42.0 Å². The molecule has 0 spiro atoms. The molecule has 1 fully saturated rings. The molecule has 2 amide bonds. The molecule has 6 nitrogen and oxygen atoms in total. The van der Waals surface area contributed by atoms with E-state index in [4.69, 9.17) is 0 Å². The number of imide groups is 1. The molecule has 0 aromatic heterocycles. The molecule has 1 heterocycles. The van der Waals surface area contributed by atoms with Crippen molar-refractivity contribution < 1.29 is 24.3 Å². The van der Waals surface area contributed by atoms with Crippen LogP contribution in [-0.2, 0) is 19.2 Å². The van der Waals surface area contributed by atoms with Gasteiger partial charge in [0.1, 0.15) is 5.75 Å². The zero-order valence-corrected chi connectivity index (χ0v) is 19.1. The number of ketones is 2. The summed E-state index contributed by atoms with van der Waals surface area (Å²) >= 11 is 0. The molecule has 2 aromatic rings. The Bertz CT molecular complexity index is 1410. The Labute approximate surface area is 202 Å². The molecule has 4 unspecified atom stereocenters. The van der Waals surface area contributed by atoms with E-state index in [-0.39, 0.29) is 41.5 Å². The van der Waals surface area contributed by atoms with E-state index in [1.54, 1.807) is 49.4 Å². The first-order valence-corrected chi connectivity index (χ1v) is 11.8. The number of rotatable bonds is 2. The quantitative estimate of drug-likeness (QED) is 0.411. The average Bonchev–Trinajstić information content (AvgIpc) is 3.11. The van der Waals surface area contributed by atoms with Crippen LogP contribution < -0.4 is 4.90 Å². The van der Waals surface area contributed by atoms with Crippen molar-refractivity contribution in [2.24, 2.45) is 17.8 Å². The topological polar surface area (TPSA) is 91.8 Å². The molecule has 174 valence electrons. The van der Waals surface area contributed by atoms with Crippen molar-refractivity contribution in [1.82, 2.24) is 0 Å². The number of phenolic OH excluding ortho intramolecular Hbond substituents is 1. The number of benzene rings is 2. The van der Waals surface area contributed by atoms with Crippen molar-refractivity contribution in [1.29, 1.82) is 0 Å². The van der Waals surface area contributed by atoms with Gasteiger partial charge in [-0.15, -0.1) is 0 Å². The summed E-state index contributed by atoms with van der Waals surface area (Å²) in [4.78, 5) is 54.8. The number of hydrogen-bond acceptors (Lipinski definition) is 5. The molecule has 0 radical (unpaired) electrons. The van der Waals surface area contributed by atoms with Crippen LogP contribution >= 0.6 is 0 Å². The molecule has 1 aliphatic heterocycles.